The van der Waals surface area contributed by atoms with Crippen molar-refractivity contribution in [1.29, 1.82) is 0 Å². The standard InChI is InChI=1S/C10H21NO2/c1-3-13-7-8(2)11-9-5-4-6-10(9)12/h8-12H,3-7H2,1-2H3. The quantitative estimate of drug-likeness (QED) is 0.672. The Balaban J connectivity index is 2.15. The molecule has 0 aliphatic heterocycles. The molecule has 0 saturated heterocycles. The van der Waals surface area contributed by atoms with Crippen LogP contribution in [0.3, 0.4) is 0 Å². The number of aliphatic hydroxyl groups excluding tert-OH is 1. The summed E-state index contributed by atoms with van der Waals surface area (Å²) in [6.45, 7) is 5.59. The van der Waals surface area contributed by atoms with Gasteiger partial charge in [0, 0.05) is 18.7 Å². The maximum Gasteiger partial charge on any atom is 0.0693 e. The van der Waals surface area contributed by atoms with Crippen LogP contribution in [0.15, 0.2) is 0 Å². The Hall–Kier alpha value is -0.120. The highest BCUT2D eigenvalue weighted by Crippen LogP contribution is 2.19. The summed E-state index contributed by atoms with van der Waals surface area (Å²) in [6.07, 6.45) is 3.03. The zero-order valence-electron chi connectivity index (χ0n) is 8.62. The fourth-order valence-electron chi connectivity index (χ4n) is 1.84. The Morgan fingerprint density at radius 3 is 2.85 bits per heavy atom. The van der Waals surface area contributed by atoms with Crippen molar-refractivity contribution in [3.63, 3.8) is 0 Å². The van der Waals surface area contributed by atoms with Gasteiger partial charge in [0.25, 0.3) is 0 Å². The Morgan fingerprint density at radius 1 is 1.54 bits per heavy atom. The lowest BCUT2D eigenvalue weighted by Gasteiger charge is -2.21. The summed E-state index contributed by atoms with van der Waals surface area (Å²) in [5.41, 5.74) is 0. The van der Waals surface area contributed by atoms with E-state index in [2.05, 4.69) is 12.2 Å². The van der Waals surface area contributed by atoms with Crippen LogP contribution in [-0.2, 0) is 4.74 Å². The van der Waals surface area contributed by atoms with Crippen molar-refractivity contribution in [2.75, 3.05) is 13.2 Å². The summed E-state index contributed by atoms with van der Waals surface area (Å²) < 4.78 is 5.30. The van der Waals surface area contributed by atoms with E-state index in [1.807, 2.05) is 6.92 Å². The normalized spacial score (nSPS) is 30.7. The molecular formula is C10H21NO2. The molecule has 0 bridgehead atoms. The molecule has 1 fully saturated rings. The first-order chi connectivity index (χ1) is 6.24. The zero-order valence-corrected chi connectivity index (χ0v) is 8.62. The Labute approximate surface area is 80.5 Å². The predicted octanol–water partition coefficient (Wildman–Crippen LogP) is 0.914. The van der Waals surface area contributed by atoms with Gasteiger partial charge < -0.3 is 15.2 Å². The van der Waals surface area contributed by atoms with E-state index in [-0.39, 0.29) is 12.1 Å². The molecule has 3 heteroatoms. The second kappa shape index (κ2) is 5.58. The SMILES string of the molecule is CCOCC(C)NC1CCCC1O. The molecule has 0 aromatic rings. The van der Waals surface area contributed by atoms with Gasteiger partial charge >= 0.3 is 0 Å². The maximum atomic E-state index is 9.56. The van der Waals surface area contributed by atoms with Gasteiger partial charge in [-0.2, -0.15) is 0 Å². The molecule has 2 N–H and O–H groups in total. The number of nitrogens with one attached hydrogen (secondary N) is 1. The van der Waals surface area contributed by atoms with Crippen LogP contribution in [0.4, 0.5) is 0 Å². The summed E-state index contributed by atoms with van der Waals surface area (Å²) in [4.78, 5) is 0. The fourth-order valence-corrected chi connectivity index (χ4v) is 1.84. The molecule has 0 aromatic heterocycles. The smallest absolute Gasteiger partial charge is 0.0693 e. The number of rotatable bonds is 5. The lowest BCUT2D eigenvalue weighted by Crippen LogP contribution is -2.43. The van der Waals surface area contributed by atoms with Crippen molar-refractivity contribution in [2.24, 2.45) is 0 Å². The number of hydrogen-bond acceptors (Lipinski definition) is 3. The molecule has 0 radical (unpaired) electrons. The molecular weight excluding hydrogens is 166 g/mol. The minimum absolute atomic E-state index is 0.149. The van der Waals surface area contributed by atoms with Crippen LogP contribution in [0.25, 0.3) is 0 Å². The van der Waals surface area contributed by atoms with Crippen LogP contribution >= 0.6 is 0 Å². The fraction of sp³-hybridized carbons (Fsp3) is 1.00. The Morgan fingerprint density at radius 2 is 2.31 bits per heavy atom. The van der Waals surface area contributed by atoms with Crippen molar-refractivity contribution < 1.29 is 9.84 Å². The summed E-state index contributed by atoms with van der Waals surface area (Å²) in [5, 5.41) is 12.9. The summed E-state index contributed by atoms with van der Waals surface area (Å²) in [6, 6.07) is 0.633. The molecule has 3 nitrogen and oxygen atoms in total. The average Bonchev–Trinajstić information content (AvgIpc) is 2.48. The van der Waals surface area contributed by atoms with Gasteiger partial charge in [-0.3, -0.25) is 0 Å². The van der Waals surface area contributed by atoms with E-state index in [4.69, 9.17) is 4.74 Å². The van der Waals surface area contributed by atoms with Gasteiger partial charge in [0.15, 0.2) is 0 Å². The molecule has 1 rings (SSSR count). The lowest BCUT2D eigenvalue weighted by molar-refractivity contribution is 0.103. The molecule has 0 spiro atoms. The first-order valence-corrected chi connectivity index (χ1v) is 5.26. The zero-order chi connectivity index (χ0) is 9.68. The first-order valence-electron chi connectivity index (χ1n) is 5.26. The number of ether oxygens (including phenoxy) is 1. The third kappa shape index (κ3) is 3.63. The van der Waals surface area contributed by atoms with Crippen LogP contribution in [-0.4, -0.2) is 36.5 Å². The maximum absolute atomic E-state index is 9.56. The largest absolute Gasteiger partial charge is 0.392 e. The minimum atomic E-state index is -0.149. The number of aliphatic hydroxyl groups is 1. The van der Waals surface area contributed by atoms with Gasteiger partial charge in [-0.15, -0.1) is 0 Å². The van der Waals surface area contributed by atoms with Crippen molar-refractivity contribution in [2.45, 2.75) is 51.3 Å². The second-order valence-corrected chi connectivity index (χ2v) is 3.83. The van der Waals surface area contributed by atoms with E-state index < -0.39 is 0 Å². The van der Waals surface area contributed by atoms with E-state index in [9.17, 15) is 5.11 Å². The third-order valence-electron chi connectivity index (χ3n) is 2.55. The second-order valence-electron chi connectivity index (χ2n) is 3.83. The van der Waals surface area contributed by atoms with Crippen molar-refractivity contribution in [3.8, 4) is 0 Å². The van der Waals surface area contributed by atoms with E-state index in [1.165, 1.54) is 0 Å². The molecule has 78 valence electrons. The molecule has 0 heterocycles. The van der Waals surface area contributed by atoms with E-state index in [1.54, 1.807) is 0 Å². The highest BCUT2D eigenvalue weighted by molar-refractivity contribution is 4.84. The lowest BCUT2D eigenvalue weighted by atomic mass is 10.2. The molecule has 1 saturated carbocycles. The van der Waals surface area contributed by atoms with Crippen LogP contribution < -0.4 is 5.32 Å². The van der Waals surface area contributed by atoms with Gasteiger partial charge in [-0.05, 0) is 33.1 Å². The van der Waals surface area contributed by atoms with Crippen LogP contribution in [0.5, 0.6) is 0 Å². The minimum Gasteiger partial charge on any atom is -0.392 e. The van der Waals surface area contributed by atoms with Gasteiger partial charge in [-0.25, -0.2) is 0 Å². The predicted molar refractivity (Wildman–Crippen MR) is 52.7 cm³/mol. The monoisotopic (exact) mass is 187 g/mol. The first kappa shape index (κ1) is 11.0. The Bertz CT molecular complexity index is 141. The van der Waals surface area contributed by atoms with Gasteiger partial charge in [0.05, 0.1) is 12.7 Å². The van der Waals surface area contributed by atoms with E-state index in [0.717, 1.165) is 32.5 Å². The van der Waals surface area contributed by atoms with E-state index in [0.29, 0.717) is 6.04 Å². The Kier molecular flexibility index (Phi) is 4.70. The number of hydrogen-bond donors (Lipinski definition) is 2. The van der Waals surface area contributed by atoms with Gasteiger partial charge in [0.2, 0.25) is 0 Å². The van der Waals surface area contributed by atoms with Crippen molar-refractivity contribution in [1.82, 2.24) is 5.32 Å². The summed E-state index contributed by atoms with van der Waals surface area (Å²) in [7, 11) is 0. The topological polar surface area (TPSA) is 41.5 Å². The van der Waals surface area contributed by atoms with E-state index >= 15 is 0 Å². The average molecular weight is 187 g/mol. The van der Waals surface area contributed by atoms with Crippen molar-refractivity contribution >= 4 is 0 Å². The molecule has 1 aliphatic carbocycles. The highest BCUT2D eigenvalue weighted by Gasteiger charge is 2.25. The molecule has 1 aliphatic rings. The molecule has 13 heavy (non-hydrogen) atoms. The van der Waals surface area contributed by atoms with Gasteiger partial charge in [0.1, 0.15) is 0 Å². The molecule has 3 atom stereocenters. The van der Waals surface area contributed by atoms with Gasteiger partial charge in [-0.1, -0.05) is 0 Å². The summed E-state index contributed by atoms with van der Waals surface area (Å²) in [5.74, 6) is 0. The molecule has 0 aromatic carbocycles. The van der Waals surface area contributed by atoms with Crippen molar-refractivity contribution in [3.05, 3.63) is 0 Å². The van der Waals surface area contributed by atoms with Crippen LogP contribution in [0.1, 0.15) is 33.1 Å². The molecule has 3 unspecified atom stereocenters. The molecule has 0 amide bonds. The third-order valence-corrected chi connectivity index (χ3v) is 2.55. The summed E-state index contributed by atoms with van der Waals surface area (Å²) >= 11 is 0. The van der Waals surface area contributed by atoms with Crippen LogP contribution in [0.2, 0.25) is 0 Å². The van der Waals surface area contributed by atoms with Crippen LogP contribution in [0, 0.1) is 0 Å². The highest BCUT2D eigenvalue weighted by atomic mass is 16.5.